The average molecular weight is 479 g/mol. The lowest BCUT2D eigenvalue weighted by Gasteiger charge is -2.20. The molecule has 1 aromatic carbocycles. The number of thioether (sulfide) groups is 1. The number of amides is 1. The number of carbonyl (C=O) groups excluding carboxylic acids is 1. The Bertz CT molecular complexity index is 888. The van der Waals surface area contributed by atoms with Crippen LogP contribution in [-0.2, 0) is 17.5 Å². The number of carbonyl (C=O) groups is 1. The highest BCUT2D eigenvalue weighted by atomic mass is 35.5. The van der Waals surface area contributed by atoms with E-state index in [-0.39, 0.29) is 22.5 Å². The standard InChI is InChI=1S/C20H27ClF3N5OS/c1-5-7-10-29-18(16(6-2)28(3)4)26-27-19(29)31-12-17(30)25-15-11-13(20(22,23)24)8-9-14(15)21/h8-9,11,16H,5-7,10,12H2,1-4H3,(H,25,30)/p+1/t16-/m1/s1. The summed E-state index contributed by atoms with van der Waals surface area (Å²) in [7, 11) is 4.12. The van der Waals surface area contributed by atoms with E-state index in [0.29, 0.717) is 5.16 Å². The number of unbranched alkanes of at least 4 members (excludes halogenated alkanes) is 1. The first-order chi connectivity index (χ1) is 14.6. The molecule has 6 nitrogen and oxygen atoms in total. The van der Waals surface area contributed by atoms with Crippen molar-refractivity contribution in [3.05, 3.63) is 34.6 Å². The lowest BCUT2D eigenvalue weighted by molar-refractivity contribution is -0.893. The van der Waals surface area contributed by atoms with Crippen LogP contribution in [0, 0.1) is 0 Å². The number of benzene rings is 1. The number of aromatic nitrogens is 3. The fourth-order valence-corrected chi connectivity index (χ4v) is 4.09. The van der Waals surface area contributed by atoms with E-state index in [1.54, 1.807) is 0 Å². The molecule has 2 aromatic rings. The maximum absolute atomic E-state index is 12.9. The Labute approximate surface area is 189 Å². The van der Waals surface area contributed by atoms with Crippen LogP contribution in [0.1, 0.15) is 50.5 Å². The van der Waals surface area contributed by atoms with Crippen molar-refractivity contribution in [2.45, 2.75) is 57.0 Å². The minimum absolute atomic E-state index is 0.0254. The molecule has 0 fully saturated rings. The molecule has 31 heavy (non-hydrogen) atoms. The Kier molecular flexibility index (Phi) is 9.20. The van der Waals surface area contributed by atoms with Gasteiger partial charge in [0.25, 0.3) is 0 Å². The first kappa shape index (κ1) is 25.5. The number of nitrogens with zero attached hydrogens (tertiary/aromatic N) is 3. The Morgan fingerprint density at radius 3 is 2.58 bits per heavy atom. The van der Waals surface area contributed by atoms with Crippen molar-refractivity contribution in [3.63, 3.8) is 0 Å². The molecular weight excluding hydrogens is 451 g/mol. The molecule has 0 bridgehead atoms. The smallest absolute Gasteiger partial charge is 0.331 e. The van der Waals surface area contributed by atoms with Gasteiger partial charge in [-0.3, -0.25) is 4.79 Å². The van der Waals surface area contributed by atoms with Crippen molar-refractivity contribution in [1.82, 2.24) is 14.8 Å². The van der Waals surface area contributed by atoms with Crippen LogP contribution in [0.5, 0.6) is 0 Å². The van der Waals surface area contributed by atoms with Gasteiger partial charge in [0.2, 0.25) is 5.91 Å². The van der Waals surface area contributed by atoms with E-state index >= 15 is 0 Å². The fraction of sp³-hybridized carbons (Fsp3) is 0.550. The maximum Gasteiger partial charge on any atom is 0.416 e. The number of nitrogens with one attached hydrogen (secondary N) is 2. The molecule has 0 saturated heterocycles. The normalized spacial score (nSPS) is 12.9. The highest BCUT2D eigenvalue weighted by Gasteiger charge is 2.31. The van der Waals surface area contributed by atoms with E-state index in [2.05, 4.69) is 43.5 Å². The Morgan fingerprint density at radius 1 is 1.29 bits per heavy atom. The molecule has 11 heteroatoms. The van der Waals surface area contributed by atoms with E-state index < -0.39 is 17.6 Å². The molecule has 1 aromatic heterocycles. The van der Waals surface area contributed by atoms with Crippen molar-refractivity contribution in [1.29, 1.82) is 0 Å². The van der Waals surface area contributed by atoms with Crippen LogP contribution in [0.25, 0.3) is 0 Å². The first-order valence-electron chi connectivity index (χ1n) is 10.1. The molecule has 0 aliphatic heterocycles. The van der Waals surface area contributed by atoms with E-state index in [9.17, 15) is 18.0 Å². The average Bonchev–Trinajstić information content (AvgIpc) is 3.08. The Balaban J connectivity index is 2.14. The predicted octanol–water partition coefficient (Wildman–Crippen LogP) is 4.08. The molecule has 1 amide bonds. The predicted molar refractivity (Wildman–Crippen MR) is 117 cm³/mol. The van der Waals surface area contributed by atoms with Crippen LogP contribution < -0.4 is 10.2 Å². The number of anilines is 1. The van der Waals surface area contributed by atoms with Crippen molar-refractivity contribution in [2.24, 2.45) is 0 Å². The van der Waals surface area contributed by atoms with E-state index in [4.69, 9.17) is 11.6 Å². The Hall–Kier alpha value is -1.78. The van der Waals surface area contributed by atoms with Crippen LogP contribution in [-0.4, -0.2) is 40.5 Å². The SMILES string of the molecule is CCCCn1c(SCC(=O)Nc2cc(C(F)(F)F)ccc2Cl)nnc1[C@@H](CC)[NH+](C)C. The summed E-state index contributed by atoms with van der Waals surface area (Å²) < 4.78 is 40.8. The third-order valence-electron chi connectivity index (χ3n) is 4.80. The van der Waals surface area contributed by atoms with Gasteiger partial charge in [-0.05, 0) is 24.6 Å². The second kappa shape index (κ2) is 11.2. The third kappa shape index (κ3) is 6.85. The van der Waals surface area contributed by atoms with Crippen molar-refractivity contribution in [3.8, 4) is 0 Å². The second-order valence-electron chi connectivity index (χ2n) is 7.41. The van der Waals surface area contributed by atoms with Crippen LogP contribution in [0.4, 0.5) is 18.9 Å². The lowest BCUT2D eigenvalue weighted by atomic mass is 10.2. The lowest BCUT2D eigenvalue weighted by Crippen LogP contribution is -3.06. The monoisotopic (exact) mass is 478 g/mol. The molecule has 0 saturated carbocycles. The van der Waals surface area contributed by atoms with Crippen LogP contribution in [0.15, 0.2) is 23.4 Å². The van der Waals surface area contributed by atoms with Crippen molar-refractivity contribution >= 4 is 35.0 Å². The number of quaternary nitrogens is 1. The summed E-state index contributed by atoms with van der Waals surface area (Å²) in [5, 5.41) is 11.8. The van der Waals surface area contributed by atoms with Gasteiger partial charge in [0, 0.05) is 13.0 Å². The van der Waals surface area contributed by atoms with Gasteiger partial charge in [-0.25, -0.2) is 0 Å². The Morgan fingerprint density at radius 2 is 2.00 bits per heavy atom. The van der Waals surface area contributed by atoms with E-state index in [1.807, 2.05) is 4.57 Å². The van der Waals surface area contributed by atoms with Gasteiger partial charge in [-0.1, -0.05) is 43.6 Å². The number of rotatable bonds is 10. The van der Waals surface area contributed by atoms with Gasteiger partial charge in [-0.15, -0.1) is 10.2 Å². The minimum Gasteiger partial charge on any atom is -0.331 e. The van der Waals surface area contributed by atoms with E-state index in [0.717, 1.165) is 49.8 Å². The summed E-state index contributed by atoms with van der Waals surface area (Å²) in [5.74, 6) is 0.380. The number of hydrogen-bond donors (Lipinski definition) is 2. The molecule has 0 aliphatic rings. The van der Waals surface area contributed by atoms with Gasteiger partial charge in [0.15, 0.2) is 11.0 Å². The summed E-state index contributed by atoms with van der Waals surface area (Å²) in [6.45, 7) is 4.93. The number of alkyl halides is 3. The molecule has 0 aliphatic carbocycles. The summed E-state index contributed by atoms with van der Waals surface area (Å²) in [4.78, 5) is 13.6. The maximum atomic E-state index is 12.9. The third-order valence-corrected chi connectivity index (χ3v) is 6.09. The molecule has 2 rings (SSSR count). The zero-order valence-electron chi connectivity index (χ0n) is 18.0. The summed E-state index contributed by atoms with van der Waals surface area (Å²) in [6, 6.07) is 3.01. The largest absolute Gasteiger partial charge is 0.416 e. The summed E-state index contributed by atoms with van der Waals surface area (Å²) >= 11 is 7.16. The second-order valence-corrected chi connectivity index (χ2v) is 8.76. The number of halogens is 4. The highest BCUT2D eigenvalue weighted by Crippen LogP contribution is 2.34. The zero-order valence-corrected chi connectivity index (χ0v) is 19.6. The fourth-order valence-electron chi connectivity index (χ4n) is 3.15. The zero-order chi connectivity index (χ0) is 23.2. The van der Waals surface area contributed by atoms with Crippen molar-refractivity contribution in [2.75, 3.05) is 25.2 Å². The quantitative estimate of drug-likeness (QED) is 0.505. The summed E-state index contributed by atoms with van der Waals surface area (Å²) in [5.41, 5.74) is -0.946. The van der Waals surface area contributed by atoms with Crippen LogP contribution >= 0.6 is 23.4 Å². The van der Waals surface area contributed by atoms with Crippen LogP contribution in [0.3, 0.4) is 0 Å². The molecule has 0 radical (unpaired) electrons. The first-order valence-corrected chi connectivity index (χ1v) is 11.5. The molecule has 0 unspecified atom stereocenters. The molecule has 1 atom stereocenters. The number of hydrogen-bond acceptors (Lipinski definition) is 4. The van der Waals surface area contributed by atoms with Crippen molar-refractivity contribution < 1.29 is 22.9 Å². The molecule has 172 valence electrons. The highest BCUT2D eigenvalue weighted by molar-refractivity contribution is 7.99. The van der Waals surface area contributed by atoms with Gasteiger partial charge in [0.05, 0.1) is 36.1 Å². The minimum atomic E-state index is -4.52. The van der Waals surface area contributed by atoms with Gasteiger partial charge in [0.1, 0.15) is 6.04 Å². The van der Waals surface area contributed by atoms with E-state index in [1.165, 1.54) is 16.7 Å². The summed E-state index contributed by atoms with van der Waals surface area (Å²) in [6.07, 6.45) is -1.67. The molecule has 2 N–H and O–H groups in total. The topological polar surface area (TPSA) is 64.2 Å². The molecular formula is C20H28ClF3N5OS+. The molecule has 1 heterocycles. The van der Waals surface area contributed by atoms with Gasteiger partial charge >= 0.3 is 6.18 Å². The molecule has 0 spiro atoms. The van der Waals surface area contributed by atoms with Gasteiger partial charge in [-0.2, -0.15) is 13.2 Å². The van der Waals surface area contributed by atoms with Crippen LogP contribution in [0.2, 0.25) is 5.02 Å². The van der Waals surface area contributed by atoms with Gasteiger partial charge < -0.3 is 14.8 Å².